The summed E-state index contributed by atoms with van der Waals surface area (Å²) >= 11 is 0. The van der Waals surface area contributed by atoms with E-state index in [-0.39, 0.29) is 41.5 Å². The zero-order valence-corrected chi connectivity index (χ0v) is 27.6. The fourth-order valence-corrected chi connectivity index (χ4v) is 11.8. The Morgan fingerprint density at radius 3 is 2.44 bits per heavy atom. The number of rotatable bonds is 4. The van der Waals surface area contributed by atoms with Crippen LogP contribution in [0.5, 0.6) is 0 Å². The van der Waals surface area contributed by atoms with E-state index in [9.17, 15) is 9.59 Å². The van der Waals surface area contributed by atoms with Crippen LogP contribution in [0.15, 0.2) is 11.6 Å². The van der Waals surface area contributed by atoms with Gasteiger partial charge in [-0.3, -0.25) is 14.9 Å². The van der Waals surface area contributed by atoms with E-state index < -0.39 is 0 Å². The molecule has 0 aromatic rings. The van der Waals surface area contributed by atoms with Crippen LogP contribution in [0.4, 0.5) is 0 Å². The van der Waals surface area contributed by atoms with Gasteiger partial charge in [0.25, 0.3) is 0 Å². The summed E-state index contributed by atoms with van der Waals surface area (Å²) in [5.74, 6) is 3.98. The number of fused-ring (bicyclic) bond motifs is 7. The lowest BCUT2D eigenvalue weighted by Gasteiger charge is -2.58. The first kappa shape index (κ1) is 30.2. The zero-order chi connectivity index (χ0) is 30.1. The van der Waals surface area contributed by atoms with Crippen LogP contribution in [0, 0.1) is 46.3 Å². The number of hydrogen-bond donors (Lipinski definition) is 3. The molecule has 3 saturated carbocycles. The molecule has 7 rings (SSSR count). The third kappa shape index (κ3) is 5.12. The van der Waals surface area contributed by atoms with Gasteiger partial charge in [-0.1, -0.05) is 39.3 Å². The number of amides is 2. The maximum Gasteiger partial charge on any atom is 0.229 e. The van der Waals surface area contributed by atoms with Crippen LogP contribution in [0.2, 0.25) is 0 Å². The second kappa shape index (κ2) is 11.1. The summed E-state index contributed by atoms with van der Waals surface area (Å²) in [6.07, 6.45) is 15.5. The van der Waals surface area contributed by atoms with Crippen molar-refractivity contribution in [2.45, 2.75) is 129 Å². The van der Waals surface area contributed by atoms with Gasteiger partial charge in [0.05, 0.1) is 6.10 Å². The normalized spacial score (nSPS) is 48.1. The zero-order valence-electron chi connectivity index (χ0n) is 27.6. The highest BCUT2D eigenvalue weighted by molar-refractivity contribution is 5.97. The van der Waals surface area contributed by atoms with E-state index in [1.807, 2.05) is 0 Å². The Hall–Kier alpha value is -1.44. The summed E-state index contributed by atoms with van der Waals surface area (Å²) in [6.45, 7) is 13.1. The topological polar surface area (TPSA) is 82.7 Å². The fourth-order valence-electron chi connectivity index (χ4n) is 11.8. The highest BCUT2D eigenvalue weighted by atomic mass is 16.5. The van der Waals surface area contributed by atoms with Crippen molar-refractivity contribution in [1.29, 1.82) is 0 Å². The molecule has 1 unspecified atom stereocenters. The summed E-state index contributed by atoms with van der Waals surface area (Å²) in [4.78, 5) is 27.7. The Kier molecular flexibility index (Phi) is 7.82. The van der Waals surface area contributed by atoms with Gasteiger partial charge in [0.2, 0.25) is 11.8 Å². The van der Waals surface area contributed by atoms with Crippen LogP contribution in [0.3, 0.4) is 0 Å². The van der Waals surface area contributed by atoms with Crippen molar-refractivity contribution < 1.29 is 14.3 Å². The second-order valence-corrected chi connectivity index (χ2v) is 16.8. The molecule has 0 aromatic carbocycles. The van der Waals surface area contributed by atoms with Crippen molar-refractivity contribution in [2.75, 3.05) is 26.7 Å². The number of likely N-dealkylation sites (tertiary alicyclic amines) is 1. The lowest BCUT2D eigenvalue weighted by molar-refractivity contribution is -0.130. The predicted molar refractivity (Wildman–Crippen MR) is 169 cm³/mol. The Balaban J connectivity index is 0.972. The molecule has 1 spiro atoms. The van der Waals surface area contributed by atoms with Gasteiger partial charge < -0.3 is 20.3 Å². The lowest BCUT2D eigenvalue weighted by Crippen LogP contribution is -2.57. The molecular weight excluding hydrogens is 536 g/mol. The summed E-state index contributed by atoms with van der Waals surface area (Å²) in [5, 5.41) is 10.2. The Labute approximate surface area is 260 Å². The average molecular weight is 595 g/mol. The summed E-state index contributed by atoms with van der Waals surface area (Å²) in [7, 11) is 2.12. The first-order chi connectivity index (χ1) is 20.5. The number of ether oxygens (including phenoxy) is 1. The van der Waals surface area contributed by atoms with E-state index in [0.717, 1.165) is 75.4 Å². The van der Waals surface area contributed by atoms with Crippen LogP contribution >= 0.6 is 0 Å². The molecule has 43 heavy (non-hydrogen) atoms. The molecule has 7 nitrogen and oxygen atoms in total. The predicted octanol–water partition coefficient (Wildman–Crippen LogP) is 5.01. The molecular formula is C36H58N4O3. The van der Waals surface area contributed by atoms with E-state index in [1.54, 1.807) is 5.57 Å². The van der Waals surface area contributed by atoms with Crippen molar-refractivity contribution in [3.8, 4) is 0 Å². The van der Waals surface area contributed by atoms with Crippen LogP contribution in [0.25, 0.3) is 0 Å². The highest BCUT2D eigenvalue weighted by Crippen LogP contribution is 2.70. The first-order valence-electron chi connectivity index (χ1n) is 17.9. The minimum Gasteiger partial charge on any atom is -0.357 e. The Morgan fingerprint density at radius 1 is 0.977 bits per heavy atom. The average Bonchev–Trinajstić information content (AvgIpc) is 3.41. The maximum absolute atomic E-state index is 12.9. The van der Waals surface area contributed by atoms with Crippen LogP contribution in [-0.2, 0) is 14.3 Å². The molecule has 0 aromatic heterocycles. The number of allylic oxidation sites excluding steroid dienone is 1. The fraction of sp³-hybridized carbons (Fsp3) is 0.889. The summed E-state index contributed by atoms with van der Waals surface area (Å²) < 4.78 is 7.07. The third-order valence-electron chi connectivity index (χ3n) is 14.4. The van der Waals surface area contributed by atoms with Gasteiger partial charge in [0, 0.05) is 24.5 Å². The van der Waals surface area contributed by atoms with Gasteiger partial charge in [-0.2, -0.15) is 0 Å². The van der Waals surface area contributed by atoms with Crippen molar-refractivity contribution >= 4 is 11.8 Å². The second-order valence-electron chi connectivity index (χ2n) is 16.8. The molecule has 0 bridgehead atoms. The molecule has 6 fully saturated rings. The number of piperidine rings is 2. The van der Waals surface area contributed by atoms with E-state index >= 15 is 0 Å². The third-order valence-corrected chi connectivity index (χ3v) is 14.4. The monoisotopic (exact) mass is 594 g/mol. The van der Waals surface area contributed by atoms with Crippen molar-refractivity contribution in [2.24, 2.45) is 46.3 Å². The highest BCUT2D eigenvalue weighted by Gasteiger charge is 2.68. The van der Waals surface area contributed by atoms with Gasteiger partial charge in [0.15, 0.2) is 0 Å². The maximum atomic E-state index is 12.9. The largest absolute Gasteiger partial charge is 0.357 e. The number of carbonyl (C=O) groups is 2. The first-order valence-corrected chi connectivity index (χ1v) is 17.9. The van der Waals surface area contributed by atoms with Gasteiger partial charge in [-0.15, -0.1) is 0 Å². The van der Waals surface area contributed by atoms with Crippen LogP contribution in [-0.4, -0.2) is 67.3 Å². The summed E-state index contributed by atoms with van der Waals surface area (Å²) in [5.41, 5.74) is 2.10. The van der Waals surface area contributed by atoms with Crippen molar-refractivity contribution in [3.05, 3.63) is 11.6 Å². The molecule has 7 aliphatic rings. The molecule has 0 radical (unpaired) electrons. The lowest BCUT2D eigenvalue weighted by atomic mass is 9.46. The quantitative estimate of drug-likeness (QED) is 0.315. The number of hydrogen-bond acceptors (Lipinski definition) is 5. The van der Waals surface area contributed by atoms with Gasteiger partial charge in [0.1, 0.15) is 12.1 Å². The Bertz CT molecular complexity index is 1120. The molecule has 240 valence electrons. The van der Waals surface area contributed by atoms with E-state index in [2.05, 4.69) is 61.7 Å². The SMILES string of the molecule is C[C@@H]1CC[C@@]2(NC1)O[C@H]1C[C@H]3[C@@H]4CC=C5CC(NC(=O)CC(=O)NC6CCN(C)CC6)CC[C@]5(C)[C@H]4CC[C@]3(C)[C@H]1[C@@H]2C. The molecule has 3 N–H and O–H groups in total. The molecule has 4 aliphatic carbocycles. The van der Waals surface area contributed by atoms with Crippen molar-refractivity contribution in [3.63, 3.8) is 0 Å². The van der Waals surface area contributed by atoms with Crippen LogP contribution < -0.4 is 16.0 Å². The van der Waals surface area contributed by atoms with Gasteiger partial charge in [-0.25, -0.2) is 0 Å². The molecule has 3 heterocycles. The molecule has 7 heteroatoms. The smallest absolute Gasteiger partial charge is 0.229 e. The minimum absolute atomic E-state index is 0.0528. The molecule has 11 atom stereocenters. The van der Waals surface area contributed by atoms with E-state index in [1.165, 1.54) is 38.5 Å². The van der Waals surface area contributed by atoms with E-state index in [0.29, 0.717) is 23.4 Å². The molecule has 3 aliphatic heterocycles. The van der Waals surface area contributed by atoms with Crippen molar-refractivity contribution in [1.82, 2.24) is 20.9 Å². The Morgan fingerprint density at radius 2 is 1.72 bits per heavy atom. The van der Waals surface area contributed by atoms with E-state index in [4.69, 9.17) is 4.74 Å². The molecule has 3 saturated heterocycles. The van der Waals surface area contributed by atoms with Gasteiger partial charge in [-0.05, 0) is 131 Å². The number of nitrogens with zero attached hydrogens (tertiary/aromatic N) is 1. The molecule has 2 amide bonds. The minimum atomic E-state index is -0.128. The number of nitrogens with one attached hydrogen (secondary N) is 3. The number of carbonyl (C=O) groups excluding carboxylic acids is 2. The summed E-state index contributed by atoms with van der Waals surface area (Å²) in [6, 6.07) is 0.350. The van der Waals surface area contributed by atoms with Gasteiger partial charge >= 0.3 is 0 Å². The van der Waals surface area contributed by atoms with Crippen LogP contribution in [0.1, 0.15) is 105 Å². The standard InChI is InChI=1S/C36H58N4O3/c1-22-8-15-36(37-21-22)23(2)33-30(43-36)19-29-27-7-6-24-18-26(9-13-34(24,3)28(27)10-14-35(29,33)4)39-32(42)20-31(41)38-25-11-16-40(5)17-12-25/h6,22-23,25-30,33,37H,7-21H2,1-5H3,(H,38,41)(H,39,42)/t22-,23+,26?,27-,28+,29+,30+,33+,34+,35+,36-/m1/s1.